The Hall–Kier alpha value is -1.92. The van der Waals surface area contributed by atoms with Crippen LogP contribution in [0.1, 0.15) is 50.0 Å². The molecule has 0 spiro atoms. The normalized spacial score (nSPS) is 11.2. The molecular weight excluding hydrogens is 332 g/mol. The zero-order valence-corrected chi connectivity index (χ0v) is 16.4. The number of hydrogen-bond acceptors (Lipinski definition) is 4. The zero-order valence-electron chi connectivity index (χ0n) is 16.4. The SMILES string of the molecule is CCC(=O)NCCOCCOCCNC(=O)c1ccc(C(C)(C)C)cc1. The summed E-state index contributed by atoms with van der Waals surface area (Å²) in [5.41, 5.74) is 1.93. The lowest BCUT2D eigenvalue weighted by Crippen LogP contribution is -2.28. The predicted molar refractivity (Wildman–Crippen MR) is 102 cm³/mol. The van der Waals surface area contributed by atoms with Crippen molar-refractivity contribution in [2.45, 2.75) is 39.5 Å². The first-order valence-electron chi connectivity index (χ1n) is 9.15. The van der Waals surface area contributed by atoms with Gasteiger partial charge in [0.05, 0.1) is 26.4 Å². The Kier molecular flexibility index (Phi) is 9.91. The van der Waals surface area contributed by atoms with Crippen LogP contribution in [-0.2, 0) is 19.7 Å². The fraction of sp³-hybridized carbons (Fsp3) is 0.600. The van der Waals surface area contributed by atoms with Gasteiger partial charge in [0.15, 0.2) is 0 Å². The van der Waals surface area contributed by atoms with Gasteiger partial charge >= 0.3 is 0 Å². The highest BCUT2D eigenvalue weighted by Gasteiger charge is 2.14. The molecule has 0 aliphatic rings. The maximum absolute atomic E-state index is 12.1. The Morgan fingerprint density at radius 1 is 0.885 bits per heavy atom. The molecule has 1 aromatic carbocycles. The highest BCUT2D eigenvalue weighted by atomic mass is 16.5. The Morgan fingerprint density at radius 3 is 1.92 bits per heavy atom. The molecule has 0 bridgehead atoms. The Balaban J connectivity index is 2.07. The van der Waals surface area contributed by atoms with Crippen LogP contribution in [0.15, 0.2) is 24.3 Å². The number of hydrogen-bond donors (Lipinski definition) is 2. The number of rotatable bonds is 11. The van der Waals surface area contributed by atoms with Crippen LogP contribution in [-0.4, -0.2) is 51.3 Å². The molecule has 0 fully saturated rings. The molecular formula is C20H32N2O4. The third-order valence-corrected chi connectivity index (χ3v) is 3.81. The molecule has 2 N–H and O–H groups in total. The van der Waals surface area contributed by atoms with Crippen molar-refractivity contribution in [1.82, 2.24) is 10.6 Å². The molecule has 0 unspecified atom stereocenters. The molecule has 0 saturated carbocycles. The second kappa shape index (κ2) is 11.6. The van der Waals surface area contributed by atoms with Crippen LogP contribution < -0.4 is 10.6 Å². The van der Waals surface area contributed by atoms with E-state index in [1.54, 1.807) is 0 Å². The molecule has 0 radical (unpaired) electrons. The number of nitrogens with one attached hydrogen (secondary N) is 2. The molecule has 0 heterocycles. The van der Waals surface area contributed by atoms with Crippen molar-refractivity contribution in [3.05, 3.63) is 35.4 Å². The summed E-state index contributed by atoms with van der Waals surface area (Å²) < 4.78 is 10.7. The molecule has 26 heavy (non-hydrogen) atoms. The maximum Gasteiger partial charge on any atom is 0.251 e. The minimum atomic E-state index is -0.100. The molecule has 0 saturated heterocycles. The lowest BCUT2D eigenvalue weighted by atomic mass is 9.87. The molecule has 0 aliphatic heterocycles. The van der Waals surface area contributed by atoms with Crippen molar-refractivity contribution < 1.29 is 19.1 Å². The highest BCUT2D eigenvalue weighted by Crippen LogP contribution is 2.22. The number of ether oxygens (including phenoxy) is 2. The zero-order chi connectivity index (χ0) is 19.4. The van der Waals surface area contributed by atoms with E-state index in [1.807, 2.05) is 31.2 Å². The van der Waals surface area contributed by atoms with Crippen LogP contribution in [0, 0.1) is 0 Å². The fourth-order valence-corrected chi connectivity index (χ4v) is 2.17. The maximum atomic E-state index is 12.1. The van der Waals surface area contributed by atoms with E-state index in [9.17, 15) is 9.59 Å². The van der Waals surface area contributed by atoms with E-state index in [-0.39, 0.29) is 17.2 Å². The van der Waals surface area contributed by atoms with Crippen molar-refractivity contribution in [1.29, 1.82) is 0 Å². The van der Waals surface area contributed by atoms with Gasteiger partial charge in [-0.25, -0.2) is 0 Å². The second-order valence-corrected chi connectivity index (χ2v) is 7.01. The van der Waals surface area contributed by atoms with Gasteiger partial charge in [-0.3, -0.25) is 9.59 Å². The minimum absolute atomic E-state index is 0.0219. The molecule has 6 nitrogen and oxygen atoms in total. The van der Waals surface area contributed by atoms with Crippen molar-refractivity contribution in [2.24, 2.45) is 0 Å². The van der Waals surface area contributed by atoms with E-state index in [0.717, 1.165) is 0 Å². The van der Waals surface area contributed by atoms with E-state index >= 15 is 0 Å². The van der Waals surface area contributed by atoms with Gasteiger partial charge in [-0.2, -0.15) is 0 Å². The molecule has 6 heteroatoms. The molecule has 1 rings (SSSR count). The Bertz CT molecular complexity index is 550. The van der Waals surface area contributed by atoms with Gasteiger partial charge < -0.3 is 20.1 Å². The quantitative estimate of drug-likeness (QED) is 0.591. The highest BCUT2D eigenvalue weighted by molar-refractivity contribution is 5.94. The first-order chi connectivity index (χ1) is 12.3. The largest absolute Gasteiger partial charge is 0.377 e. The summed E-state index contributed by atoms with van der Waals surface area (Å²) in [6.07, 6.45) is 0.482. The second-order valence-electron chi connectivity index (χ2n) is 7.01. The van der Waals surface area contributed by atoms with Gasteiger partial charge in [-0.15, -0.1) is 0 Å². The van der Waals surface area contributed by atoms with Crippen LogP contribution in [0.3, 0.4) is 0 Å². The summed E-state index contributed by atoms with van der Waals surface area (Å²) >= 11 is 0. The van der Waals surface area contributed by atoms with Crippen LogP contribution in [0.25, 0.3) is 0 Å². The molecule has 146 valence electrons. The summed E-state index contributed by atoms with van der Waals surface area (Å²) in [6.45, 7) is 11.0. The number of carbonyl (C=O) groups is 2. The van der Waals surface area contributed by atoms with Gasteiger partial charge in [0.25, 0.3) is 5.91 Å². The fourth-order valence-electron chi connectivity index (χ4n) is 2.17. The van der Waals surface area contributed by atoms with E-state index in [2.05, 4.69) is 31.4 Å². The number of carbonyl (C=O) groups excluding carboxylic acids is 2. The predicted octanol–water partition coefficient (Wildman–Crippen LogP) is 2.27. The Labute approximate surface area is 156 Å². The lowest BCUT2D eigenvalue weighted by molar-refractivity contribution is -0.121. The van der Waals surface area contributed by atoms with E-state index < -0.39 is 0 Å². The van der Waals surface area contributed by atoms with Gasteiger partial charge in [0, 0.05) is 25.1 Å². The molecule has 2 amide bonds. The van der Waals surface area contributed by atoms with Crippen molar-refractivity contribution in [3.63, 3.8) is 0 Å². The van der Waals surface area contributed by atoms with Gasteiger partial charge in [0.2, 0.25) is 5.91 Å². The van der Waals surface area contributed by atoms with E-state index in [0.29, 0.717) is 51.5 Å². The van der Waals surface area contributed by atoms with E-state index in [1.165, 1.54) is 5.56 Å². The van der Waals surface area contributed by atoms with E-state index in [4.69, 9.17) is 9.47 Å². The van der Waals surface area contributed by atoms with Crippen molar-refractivity contribution >= 4 is 11.8 Å². The number of benzene rings is 1. The molecule has 1 aromatic rings. The monoisotopic (exact) mass is 364 g/mol. The summed E-state index contributed by atoms with van der Waals surface area (Å²) in [5, 5.41) is 5.57. The first kappa shape index (κ1) is 22.1. The minimum Gasteiger partial charge on any atom is -0.377 e. The smallest absolute Gasteiger partial charge is 0.251 e. The summed E-state index contributed by atoms with van der Waals surface area (Å²) in [4.78, 5) is 23.1. The average molecular weight is 364 g/mol. The summed E-state index contributed by atoms with van der Waals surface area (Å²) in [7, 11) is 0. The van der Waals surface area contributed by atoms with Gasteiger partial charge in [-0.05, 0) is 23.1 Å². The molecule has 0 atom stereocenters. The van der Waals surface area contributed by atoms with Crippen LogP contribution >= 0.6 is 0 Å². The third kappa shape index (κ3) is 8.97. The molecule has 0 aliphatic carbocycles. The van der Waals surface area contributed by atoms with Gasteiger partial charge in [-0.1, -0.05) is 39.8 Å². The average Bonchev–Trinajstić information content (AvgIpc) is 2.62. The summed E-state index contributed by atoms with van der Waals surface area (Å²) in [5.74, 6) is -0.0781. The third-order valence-electron chi connectivity index (χ3n) is 3.81. The topological polar surface area (TPSA) is 76.7 Å². The first-order valence-corrected chi connectivity index (χ1v) is 9.15. The van der Waals surface area contributed by atoms with Crippen LogP contribution in [0.2, 0.25) is 0 Å². The lowest BCUT2D eigenvalue weighted by Gasteiger charge is -2.19. The van der Waals surface area contributed by atoms with Gasteiger partial charge in [0.1, 0.15) is 0 Å². The van der Waals surface area contributed by atoms with Crippen LogP contribution in [0.4, 0.5) is 0 Å². The number of amides is 2. The van der Waals surface area contributed by atoms with Crippen molar-refractivity contribution in [3.8, 4) is 0 Å². The molecule has 0 aromatic heterocycles. The Morgan fingerprint density at radius 2 is 1.42 bits per heavy atom. The van der Waals surface area contributed by atoms with Crippen molar-refractivity contribution in [2.75, 3.05) is 39.5 Å². The standard InChI is InChI=1S/C20H32N2O4/c1-5-18(23)21-10-12-25-14-15-26-13-11-22-19(24)16-6-8-17(9-7-16)20(2,3)4/h6-9H,5,10-15H2,1-4H3,(H,21,23)(H,22,24). The summed E-state index contributed by atoms with van der Waals surface area (Å²) in [6, 6.07) is 7.68. The van der Waals surface area contributed by atoms with Crippen LogP contribution in [0.5, 0.6) is 0 Å².